The topological polar surface area (TPSA) is 3.24 Å². The monoisotopic (exact) mass is 237 g/mol. The Morgan fingerprint density at radius 1 is 0.824 bits per heavy atom. The van der Waals surface area contributed by atoms with Gasteiger partial charge in [-0.3, -0.25) is 4.90 Å². The van der Waals surface area contributed by atoms with Crippen molar-refractivity contribution in [2.45, 2.75) is 79.4 Å². The minimum Gasteiger partial charge on any atom is -0.293 e. The van der Waals surface area contributed by atoms with Crippen LogP contribution in [0.1, 0.15) is 61.8 Å². The van der Waals surface area contributed by atoms with Gasteiger partial charge in [-0.2, -0.15) is 0 Å². The molecule has 17 heavy (non-hydrogen) atoms. The highest BCUT2D eigenvalue weighted by Gasteiger charge is 2.58. The molecule has 1 saturated carbocycles. The summed E-state index contributed by atoms with van der Waals surface area (Å²) in [5.74, 6) is 2.79. The van der Waals surface area contributed by atoms with Crippen LogP contribution >= 0.6 is 0 Å². The van der Waals surface area contributed by atoms with E-state index in [0.29, 0.717) is 11.0 Å². The molecule has 2 saturated heterocycles. The maximum absolute atomic E-state index is 2.77. The fourth-order valence-corrected chi connectivity index (χ4v) is 5.01. The second-order valence-electron chi connectivity index (χ2n) is 8.51. The first kappa shape index (κ1) is 13.4. The highest BCUT2D eigenvalue weighted by molar-refractivity contribution is 5.10. The molecule has 0 N–H and O–H groups in total. The molecule has 3 aliphatic rings. The van der Waals surface area contributed by atoms with E-state index in [9.17, 15) is 0 Å². The van der Waals surface area contributed by atoms with Gasteiger partial charge in [0.2, 0.25) is 0 Å². The third-order valence-corrected chi connectivity index (χ3v) is 5.36. The van der Waals surface area contributed by atoms with Gasteiger partial charge in [-0.05, 0) is 64.2 Å². The molecule has 4 unspecified atom stereocenters. The van der Waals surface area contributed by atoms with Gasteiger partial charge in [0.1, 0.15) is 0 Å². The van der Waals surface area contributed by atoms with Gasteiger partial charge in [0.15, 0.2) is 0 Å². The highest BCUT2D eigenvalue weighted by atomic mass is 15.3. The number of nitrogens with zero attached hydrogens (tertiary/aromatic N) is 1. The highest BCUT2D eigenvalue weighted by Crippen LogP contribution is 2.59. The van der Waals surface area contributed by atoms with Crippen molar-refractivity contribution >= 4 is 0 Å². The minimum absolute atomic E-state index is 0.318. The molecule has 3 fully saturated rings. The van der Waals surface area contributed by atoms with Gasteiger partial charge < -0.3 is 0 Å². The van der Waals surface area contributed by atoms with Crippen LogP contribution in [0.3, 0.4) is 0 Å². The van der Waals surface area contributed by atoms with Gasteiger partial charge in [0.25, 0.3) is 0 Å². The Morgan fingerprint density at radius 3 is 1.53 bits per heavy atom. The quantitative estimate of drug-likeness (QED) is 0.611. The van der Waals surface area contributed by atoms with E-state index in [-0.39, 0.29) is 0 Å². The van der Waals surface area contributed by atoms with Crippen molar-refractivity contribution in [1.82, 2.24) is 4.90 Å². The van der Waals surface area contributed by atoms with E-state index >= 15 is 0 Å². The van der Waals surface area contributed by atoms with Crippen molar-refractivity contribution in [3.8, 4) is 0 Å². The van der Waals surface area contributed by atoms with E-state index < -0.39 is 0 Å². The SMILES string of the molecule is CC1C2CC(C(C)N1C(C)(C)C)C2C(C)(C)C. The average Bonchev–Trinajstić information content (AvgIpc) is 1.93. The number of hydrogen-bond acceptors (Lipinski definition) is 1. The fraction of sp³-hybridized carbons (Fsp3) is 1.00. The third-order valence-electron chi connectivity index (χ3n) is 5.36. The van der Waals surface area contributed by atoms with Crippen molar-refractivity contribution < 1.29 is 0 Å². The zero-order valence-electron chi connectivity index (χ0n) is 13.0. The second-order valence-corrected chi connectivity index (χ2v) is 8.51. The van der Waals surface area contributed by atoms with Crippen molar-refractivity contribution in [3.05, 3.63) is 0 Å². The third kappa shape index (κ3) is 1.95. The van der Waals surface area contributed by atoms with Gasteiger partial charge in [-0.1, -0.05) is 20.8 Å². The molecule has 100 valence electrons. The van der Waals surface area contributed by atoms with Crippen LogP contribution in [0.2, 0.25) is 0 Å². The van der Waals surface area contributed by atoms with Crippen LogP contribution in [-0.4, -0.2) is 22.5 Å². The Hall–Kier alpha value is -0.0400. The Bertz CT molecular complexity index is 278. The molecule has 0 radical (unpaired) electrons. The van der Waals surface area contributed by atoms with E-state index in [1.807, 2.05) is 0 Å². The lowest BCUT2D eigenvalue weighted by atomic mass is 9.48. The first-order valence-corrected chi connectivity index (χ1v) is 7.33. The summed E-state index contributed by atoms with van der Waals surface area (Å²) in [6.45, 7) is 19.3. The van der Waals surface area contributed by atoms with Crippen molar-refractivity contribution in [2.24, 2.45) is 23.2 Å². The van der Waals surface area contributed by atoms with Crippen molar-refractivity contribution in [3.63, 3.8) is 0 Å². The summed E-state index contributed by atoms with van der Waals surface area (Å²) < 4.78 is 0. The average molecular weight is 237 g/mol. The molecule has 2 bridgehead atoms. The summed E-state index contributed by atoms with van der Waals surface area (Å²) in [4.78, 5) is 2.77. The number of fused-ring (bicyclic) bond motifs is 2. The van der Waals surface area contributed by atoms with Gasteiger partial charge in [0.05, 0.1) is 0 Å². The Balaban J connectivity index is 2.24. The lowest BCUT2D eigenvalue weighted by Crippen LogP contribution is -2.70. The molecule has 0 amide bonds. The molecular formula is C16H31N. The zero-order valence-corrected chi connectivity index (χ0v) is 13.0. The van der Waals surface area contributed by atoms with Crippen molar-refractivity contribution in [2.75, 3.05) is 0 Å². The van der Waals surface area contributed by atoms with Crippen LogP contribution < -0.4 is 0 Å². The fourth-order valence-electron chi connectivity index (χ4n) is 5.01. The predicted octanol–water partition coefficient (Wildman–Crippen LogP) is 4.18. The molecule has 0 aromatic carbocycles. The molecule has 2 heterocycles. The molecule has 2 aliphatic heterocycles. The number of rotatable bonds is 0. The number of piperidine rings is 2. The van der Waals surface area contributed by atoms with Crippen LogP contribution in [0.4, 0.5) is 0 Å². The molecule has 0 spiro atoms. The normalized spacial score (nSPS) is 43.4. The van der Waals surface area contributed by atoms with Gasteiger partial charge in [-0.15, -0.1) is 0 Å². The first-order chi connectivity index (χ1) is 7.55. The first-order valence-electron chi connectivity index (χ1n) is 7.33. The maximum Gasteiger partial charge on any atom is 0.0130 e. The van der Waals surface area contributed by atoms with Crippen LogP contribution in [0.25, 0.3) is 0 Å². The van der Waals surface area contributed by atoms with Crippen LogP contribution in [0.5, 0.6) is 0 Å². The maximum atomic E-state index is 2.77. The largest absolute Gasteiger partial charge is 0.293 e. The molecule has 4 atom stereocenters. The van der Waals surface area contributed by atoms with Crippen LogP contribution in [0.15, 0.2) is 0 Å². The summed E-state index contributed by atoms with van der Waals surface area (Å²) >= 11 is 0. The Labute approximate surface area is 108 Å². The molecular weight excluding hydrogens is 206 g/mol. The van der Waals surface area contributed by atoms with Crippen LogP contribution in [0, 0.1) is 23.2 Å². The smallest absolute Gasteiger partial charge is 0.0130 e. The zero-order chi connectivity index (χ0) is 13.2. The van der Waals surface area contributed by atoms with Crippen LogP contribution in [-0.2, 0) is 0 Å². The second kappa shape index (κ2) is 3.73. The summed E-state index contributed by atoms with van der Waals surface area (Å²) in [6, 6.07) is 1.50. The van der Waals surface area contributed by atoms with Gasteiger partial charge in [-0.25, -0.2) is 0 Å². The predicted molar refractivity (Wildman–Crippen MR) is 75.1 cm³/mol. The Morgan fingerprint density at radius 2 is 1.24 bits per heavy atom. The lowest BCUT2D eigenvalue weighted by Gasteiger charge is -2.67. The van der Waals surface area contributed by atoms with E-state index in [1.165, 1.54) is 6.42 Å². The molecule has 1 heteroatoms. The van der Waals surface area contributed by atoms with E-state index in [4.69, 9.17) is 0 Å². The molecule has 1 aliphatic carbocycles. The van der Waals surface area contributed by atoms with Crippen molar-refractivity contribution in [1.29, 1.82) is 0 Å². The lowest BCUT2D eigenvalue weighted by molar-refractivity contribution is -0.183. The van der Waals surface area contributed by atoms with E-state index in [2.05, 4.69) is 60.3 Å². The summed E-state index contributed by atoms with van der Waals surface area (Å²) in [5, 5.41) is 0. The van der Waals surface area contributed by atoms with Gasteiger partial charge in [0, 0.05) is 17.6 Å². The van der Waals surface area contributed by atoms with E-state index in [1.54, 1.807) is 0 Å². The van der Waals surface area contributed by atoms with E-state index in [0.717, 1.165) is 29.8 Å². The molecule has 1 nitrogen and oxygen atoms in total. The minimum atomic E-state index is 0.318. The number of hydrogen-bond donors (Lipinski definition) is 0. The standard InChI is InChI=1S/C16H31N/c1-10-12-9-13(14(12)15(3,4)5)11(2)17(10)16(6,7)8/h10-14H,9H2,1-8H3. The summed E-state index contributed by atoms with van der Waals surface area (Å²) in [5.41, 5.74) is 0.804. The molecule has 0 aromatic heterocycles. The van der Waals surface area contributed by atoms with Gasteiger partial charge >= 0.3 is 0 Å². The summed E-state index contributed by atoms with van der Waals surface area (Å²) in [7, 11) is 0. The molecule has 0 aromatic rings. The summed E-state index contributed by atoms with van der Waals surface area (Å²) in [6.07, 6.45) is 1.47. The Kier molecular flexibility index (Phi) is 2.94. The molecule has 3 rings (SSSR count).